The van der Waals surface area contributed by atoms with Gasteiger partial charge in [0, 0.05) is 24.8 Å². The fraction of sp³-hybridized carbons (Fsp3) is 0.600. The van der Waals surface area contributed by atoms with Gasteiger partial charge in [-0.3, -0.25) is 0 Å². The fourth-order valence-corrected chi connectivity index (χ4v) is 2.48. The molecule has 2 N–H and O–H groups in total. The third-order valence-electron chi connectivity index (χ3n) is 3.73. The zero-order chi connectivity index (χ0) is 13.2. The highest BCUT2D eigenvalue weighted by molar-refractivity contribution is 5.37. The van der Waals surface area contributed by atoms with E-state index in [2.05, 4.69) is 19.2 Å². The molecule has 0 aromatic heterocycles. The molecule has 3 heteroatoms. The minimum Gasteiger partial charge on any atom is -0.508 e. The molecule has 2 rings (SSSR count). The Labute approximate surface area is 109 Å². The summed E-state index contributed by atoms with van der Waals surface area (Å²) in [6.07, 6.45) is 2.24. The lowest BCUT2D eigenvalue weighted by atomic mass is 10.0. The van der Waals surface area contributed by atoms with Crippen LogP contribution in [-0.4, -0.2) is 23.9 Å². The van der Waals surface area contributed by atoms with E-state index in [0.717, 1.165) is 31.6 Å². The highest BCUT2D eigenvalue weighted by atomic mass is 16.5. The van der Waals surface area contributed by atoms with Gasteiger partial charge in [-0.15, -0.1) is 0 Å². The van der Waals surface area contributed by atoms with Gasteiger partial charge in [0.05, 0.1) is 5.60 Å². The molecule has 3 nitrogen and oxygen atoms in total. The summed E-state index contributed by atoms with van der Waals surface area (Å²) in [6, 6.07) is 5.85. The molecule has 0 bridgehead atoms. The molecule has 0 spiro atoms. The first kappa shape index (κ1) is 13.4. The van der Waals surface area contributed by atoms with Crippen molar-refractivity contribution >= 4 is 0 Å². The average molecular weight is 249 g/mol. The van der Waals surface area contributed by atoms with E-state index in [1.54, 1.807) is 6.07 Å². The smallest absolute Gasteiger partial charge is 0.120 e. The first-order valence-corrected chi connectivity index (χ1v) is 6.67. The zero-order valence-electron chi connectivity index (χ0n) is 11.5. The highest BCUT2D eigenvalue weighted by Crippen LogP contribution is 2.28. The topological polar surface area (TPSA) is 41.5 Å². The molecule has 1 aromatic carbocycles. The first-order chi connectivity index (χ1) is 8.50. The Morgan fingerprint density at radius 1 is 1.50 bits per heavy atom. The Hall–Kier alpha value is -1.06. The summed E-state index contributed by atoms with van der Waals surface area (Å²) >= 11 is 0. The van der Waals surface area contributed by atoms with Crippen molar-refractivity contribution in [3.8, 4) is 5.75 Å². The quantitative estimate of drug-likeness (QED) is 0.862. The predicted molar refractivity (Wildman–Crippen MR) is 72.9 cm³/mol. The van der Waals surface area contributed by atoms with E-state index in [9.17, 15) is 5.11 Å². The maximum atomic E-state index is 9.89. The number of ether oxygens (including phenoxy) is 1. The fourth-order valence-electron chi connectivity index (χ4n) is 2.48. The number of nitrogens with one attached hydrogen (secondary N) is 1. The predicted octanol–water partition coefficient (Wildman–Crippen LogP) is 2.92. The molecule has 1 heterocycles. The summed E-state index contributed by atoms with van der Waals surface area (Å²) in [5.74, 6) is 0.359. The van der Waals surface area contributed by atoms with Gasteiger partial charge in [-0.2, -0.15) is 0 Å². The number of aromatic hydroxyl groups is 1. The molecule has 1 aliphatic heterocycles. The Bertz CT molecular complexity index is 411. The van der Waals surface area contributed by atoms with Crippen LogP contribution in [0.2, 0.25) is 0 Å². The summed E-state index contributed by atoms with van der Waals surface area (Å²) < 4.78 is 5.76. The van der Waals surface area contributed by atoms with Gasteiger partial charge in [-0.1, -0.05) is 17.7 Å². The number of rotatable bonds is 4. The molecule has 0 aliphatic carbocycles. The third-order valence-corrected chi connectivity index (χ3v) is 3.73. The van der Waals surface area contributed by atoms with E-state index in [1.165, 1.54) is 5.56 Å². The van der Waals surface area contributed by atoms with Crippen molar-refractivity contribution in [1.29, 1.82) is 0 Å². The number of phenols is 1. The SMILES string of the molecule is Cc1ccc(O)c(C(C)NCC2(C)CCCO2)c1. The van der Waals surface area contributed by atoms with Crippen molar-refractivity contribution in [3.63, 3.8) is 0 Å². The summed E-state index contributed by atoms with van der Waals surface area (Å²) in [7, 11) is 0. The summed E-state index contributed by atoms with van der Waals surface area (Å²) in [4.78, 5) is 0. The second-order valence-corrected chi connectivity index (χ2v) is 5.57. The molecule has 0 radical (unpaired) electrons. The molecule has 1 aliphatic rings. The molecule has 1 aromatic rings. The van der Waals surface area contributed by atoms with Crippen LogP contribution in [0.4, 0.5) is 0 Å². The van der Waals surface area contributed by atoms with Gasteiger partial charge in [-0.25, -0.2) is 0 Å². The Morgan fingerprint density at radius 2 is 2.28 bits per heavy atom. The minimum absolute atomic E-state index is 0.0479. The van der Waals surface area contributed by atoms with Crippen LogP contribution in [0.25, 0.3) is 0 Å². The summed E-state index contributed by atoms with van der Waals surface area (Å²) in [5.41, 5.74) is 2.07. The van der Waals surface area contributed by atoms with Gasteiger partial charge >= 0.3 is 0 Å². The van der Waals surface area contributed by atoms with E-state index in [0.29, 0.717) is 5.75 Å². The van der Waals surface area contributed by atoms with Crippen LogP contribution >= 0.6 is 0 Å². The van der Waals surface area contributed by atoms with Crippen molar-refractivity contribution in [2.45, 2.75) is 45.3 Å². The average Bonchev–Trinajstić information content (AvgIpc) is 2.77. The lowest BCUT2D eigenvalue weighted by Gasteiger charge is -2.26. The number of hydrogen-bond acceptors (Lipinski definition) is 3. The van der Waals surface area contributed by atoms with Crippen LogP contribution in [0.5, 0.6) is 5.75 Å². The van der Waals surface area contributed by atoms with Crippen molar-refractivity contribution in [1.82, 2.24) is 5.32 Å². The van der Waals surface area contributed by atoms with Crippen LogP contribution in [0, 0.1) is 6.92 Å². The van der Waals surface area contributed by atoms with Gasteiger partial charge in [0.1, 0.15) is 5.75 Å². The van der Waals surface area contributed by atoms with Gasteiger partial charge in [-0.05, 0) is 39.7 Å². The molecular weight excluding hydrogens is 226 g/mol. The maximum absolute atomic E-state index is 9.89. The molecule has 0 saturated carbocycles. The van der Waals surface area contributed by atoms with Crippen molar-refractivity contribution in [2.75, 3.05) is 13.2 Å². The van der Waals surface area contributed by atoms with Crippen LogP contribution in [0.1, 0.15) is 43.9 Å². The van der Waals surface area contributed by atoms with E-state index in [-0.39, 0.29) is 11.6 Å². The molecule has 18 heavy (non-hydrogen) atoms. The molecule has 2 unspecified atom stereocenters. The van der Waals surface area contributed by atoms with Crippen LogP contribution < -0.4 is 5.32 Å². The normalized spacial score (nSPS) is 25.3. The van der Waals surface area contributed by atoms with Gasteiger partial charge in [0.15, 0.2) is 0 Å². The van der Waals surface area contributed by atoms with Crippen molar-refractivity contribution in [3.05, 3.63) is 29.3 Å². The summed E-state index contributed by atoms with van der Waals surface area (Å²) in [6.45, 7) is 7.95. The number of aryl methyl sites for hydroxylation is 1. The lowest BCUT2D eigenvalue weighted by molar-refractivity contribution is 0.0190. The number of benzene rings is 1. The molecular formula is C15H23NO2. The Balaban J connectivity index is 1.99. The molecule has 100 valence electrons. The van der Waals surface area contributed by atoms with Gasteiger partial charge in [0.2, 0.25) is 0 Å². The minimum atomic E-state index is -0.0479. The number of phenolic OH excluding ortho intramolecular Hbond substituents is 1. The molecule has 1 fully saturated rings. The summed E-state index contributed by atoms with van der Waals surface area (Å²) in [5, 5.41) is 13.4. The van der Waals surface area contributed by atoms with Crippen LogP contribution in [0.15, 0.2) is 18.2 Å². The monoisotopic (exact) mass is 249 g/mol. The van der Waals surface area contributed by atoms with E-state index in [4.69, 9.17) is 4.74 Å². The third kappa shape index (κ3) is 3.03. The van der Waals surface area contributed by atoms with E-state index < -0.39 is 0 Å². The first-order valence-electron chi connectivity index (χ1n) is 6.67. The van der Waals surface area contributed by atoms with Gasteiger partial charge < -0.3 is 15.2 Å². The van der Waals surface area contributed by atoms with Crippen molar-refractivity contribution < 1.29 is 9.84 Å². The van der Waals surface area contributed by atoms with E-state index >= 15 is 0 Å². The maximum Gasteiger partial charge on any atom is 0.120 e. The molecule has 0 amide bonds. The Morgan fingerprint density at radius 3 is 2.94 bits per heavy atom. The molecule has 2 atom stereocenters. The van der Waals surface area contributed by atoms with Gasteiger partial charge in [0.25, 0.3) is 0 Å². The highest BCUT2D eigenvalue weighted by Gasteiger charge is 2.30. The lowest BCUT2D eigenvalue weighted by Crippen LogP contribution is -2.38. The van der Waals surface area contributed by atoms with Crippen LogP contribution in [-0.2, 0) is 4.74 Å². The van der Waals surface area contributed by atoms with Crippen molar-refractivity contribution in [2.24, 2.45) is 0 Å². The van der Waals surface area contributed by atoms with E-state index in [1.807, 2.05) is 19.1 Å². The largest absolute Gasteiger partial charge is 0.508 e. The second kappa shape index (κ2) is 5.29. The number of hydrogen-bond donors (Lipinski definition) is 2. The second-order valence-electron chi connectivity index (χ2n) is 5.57. The zero-order valence-corrected chi connectivity index (χ0v) is 11.5. The Kier molecular flexibility index (Phi) is 3.93. The molecule has 1 saturated heterocycles. The standard InChI is InChI=1S/C15H23NO2/c1-11-5-6-14(17)13(9-11)12(2)16-10-15(3)7-4-8-18-15/h5-6,9,12,16-17H,4,7-8,10H2,1-3H3. The van der Waals surface area contributed by atoms with Crippen LogP contribution in [0.3, 0.4) is 0 Å².